The van der Waals surface area contributed by atoms with Crippen LogP contribution in [0.4, 0.5) is 5.82 Å². The van der Waals surface area contributed by atoms with Gasteiger partial charge < -0.3 is 10.1 Å². The quantitative estimate of drug-likeness (QED) is 0.750. The van der Waals surface area contributed by atoms with Crippen LogP contribution in [0.5, 0.6) is 0 Å². The Morgan fingerprint density at radius 2 is 2.28 bits per heavy atom. The molecule has 0 saturated carbocycles. The number of amides is 1. The Labute approximate surface area is 105 Å². The smallest absolute Gasteiger partial charge is 0.351 e. The van der Waals surface area contributed by atoms with Gasteiger partial charge in [-0.15, -0.1) is 11.3 Å². The van der Waals surface area contributed by atoms with Crippen molar-refractivity contribution in [3.05, 3.63) is 20.9 Å². The van der Waals surface area contributed by atoms with E-state index in [1.54, 1.807) is 0 Å². The van der Waals surface area contributed by atoms with Gasteiger partial charge in [0.2, 0.25) is 5.91 Å². The zero-order chi connectivity index (χ0) is 12.3. The number of hydrogen-bond acceptors (Lipinski definition) is 5. The molecule has 18 heavy (non-hydrogen) atoms. The van der Waals surface area contributed by atoms with Crippen LogP contribution in [-0.2, 0) is 29.1 Å². The second-order valence-electron chi connectivity index (χ2n) is 4.36. The van der Waals surface area contributed by atoms with E-state index in [9.17, 15) is 9.59 Å². The van der Waals surface area contributed by atoms with Crippen LogP contribution in [0.2, 0.25) is 0 Å². The minimum Gasteiger partial charge on any atom is -0.376 e. The molecule has 4 rings (SSSR count). The number of anilines is 1. The molecule has 0 saturated heterocycles. The molecule has 2 aliphatic rings. The van der Waals surface area contributed by atoms with E-state index >= 15 is 0 Å². The molecule has 2 aliphatic heterocycles. The van der Waals surface area contributed by atoms with Crippen LogP contribution in [0.15, 0.2) is 4.79 Å². The van der Waals surface area contributed by atoms with Crippen molar-refractivity contribution in [2.24, 2.45) is 0 Å². The zero-order valence-corrected chi connectivity index (χ0v) is 10.2. The number of carbonyl (C=O) groups excluding carboxylic acids is 1. The van der Waals surface area contributed by atoms with Crippen LogP contribution >= 0.6 is 11.3 Å². The van der Waals surface area contributed by atoms with Crippen molar-refractivity contribution in [3.63, 3.8) is 0 Å². The number of nitrogens with one attached hydrogen (secondary N) is 1. The summed E-state index contributed by atoms with van der Waals surface area (Å²) in [6.07, 6.45) is 0.804. The zero-order valence-electron chi connectivity index (χ0n) is 9.36. The Morgan fingerprint density at radius 3 is 3.17 bits per heavy atom. The van der Waals surface area contributed by atoms with E-state index < -0.39 is 0 Å². The maximum absolute atomic E-state index is 11.8. The lowest BCUT2D eigenvalue weighted by Gasteiger charge is -2.12. The summed E-state index contributed by atoms with van der Waals surface area (Å²) in [4.78, 5) is 29.2. The van der Waals surface area contributed by atoms with Gasteiger partial charge in [0.05, 0.1) is 18.6 Å². The molecule has 0 radical (unpaired) electrons. The van der Waals surface area contributed by atoms with Crippen molar-refractivity contribution in [1.29, 1.82) is 0 Å². The Hall–Kier alpha value is -1.73. The molecule has 2 aromatic heterocycles. The normalized spacial score (nSPS) is 17.7. The van der Waals surface area contributed by atoms with Crippen molar-refractivity contribution >= 4 is 33.3 Å². The first kappa shape index (κ1) is 10.2. The lowest BCUT2D eigenvalue weighted by molar-refractivity contribution is -0.115. The lowest BCUT2D eigenvalue weighted by atomic mass is 10.1. The first-order valence-corrected chi connectivity index (χ1v) is 6.48. The van der Waals surface area contributed by atoms with Gasteiger partial charge >= 0.3 is 5.69 Å². The summed E-state index contributed by atoms with van der Waals surface area (Å²) in [5.41, 5.74) is 0.801. The number of fused-ring (bicyclic) bond motifs is 5. The molecule has 0 aliphatic carbocycles. The van der Waals surface area contributed by atoms with Crippen LogP contribution in [0.25, 0.3) is 10.2 Å². The van der Waals surface area contributed by atoms with Crippen LogP contribution in [0, 0.1) is 0 Å². The van der Waals surface area contributed by atoms with E-state index in [-0.39, 0.29) is 18.1 Å². The summed E-state index contributed by atoms with van der Waals surface area (Å²) in [7, 11) is 0. The second kappa shape index (κ2) is 3.39. The second-order valence-corrected chi connectivity index (χ2v) is 5.45. The van der Waals surface area contributed by atoms with Crippen molar-refractivity contribution in [2.45, 2.75) is 19.6 Å². The lowest BCUT2D eigenvalue weighted by Crippen LogP contribution is -2.21. The van der Waals surface area contributed by atoms with E-state index in [2.05, 4.69) is 10.3 Å². The van der Waals surface area contributed by atoms with E-state index in [1.807, 2.05) is 0 Å². The van der Waals surface area contributed by atoms with Gasteiger partial charge in [-0.25, -0.2) is 4.79 Å². The first-order chi connectivity index (χ1) is 8.74. The topological polar surface area (TPSA) is 73.2 Å². The summed E-state index contributed by atoms with van der Waals surface area (Å²) in [5.74, 6) is 0.447. The Kier molecular flexibility index (Phi) is 1.93. The maximum atomic E-state index is 11.8. The summed E-state index contributed by atoms with van der Waals surface area (Å²) in [5, 5.41) is 3.69. The van der Waals surface area contributed by atoms with Crippen molar-refractivity contribution in [2.75, 3.05) is 11.9 Å². The third kappa shape index (κ3) is 1.23. The summed E-state index contributed by atoms with van der Waals surface area (Å²) in [6, 6.07) is 0. The van der Waals surface area contributed by atoms with Gasteiger partial charge in [-0.1, -0.05) is 0 Å². The third-order valence-corrected chi connectivity index (χ3v) is 4.40. The molecular formula is C11H9N3O3S. The summed E-state index contributed by atoms with van der Waals surface area (Å²) in [6.45, 7) is 1.31. The van der Waals surface area contributed by atoms with Crippen molar-refractivity contribution in [1.82, 2.24) is 9.55 Å². The Morgan fingerprint density at radius 1 is 1.39 bits per heavy atom. The monoisotopic (exact) mass is 263 g/mol. The number of nitrogens with zero attached hydrogens (tertiary/aromatic N) is 2. The molecule has 92 valence electrons. The predicted molar refractivity (Wildman–Crippen MR) is 65.9 cm³/mol. The Bertz CT molecular complexity index is 746. The minimum atomic E-state index is -0.365. The molecule has 7 heteroatoms. The highest BCUT2D eigenvalue weighted by Crippen LogP contribution is 2.37. The average molecular weight is 263 g/mol. The first-order valence-electron chi connectivity index (χ1n) is 5.67. The molecule has 0 fully saturated rings. The van der Waals surface area contributed by atoms with Gasteiger partial charge in [0, 0.05) is 4.88 Å². The summed E-state index contributed by atoms with van der Waals surface area (Å²) < 4.78 is 6.82. The highest BCUT2D eigenvalue weighted by atomic mass is 32.1. The molecular weight excluding hydrogens is 254 g/mol. The number of aromatic nitrogens is 2. The van der Waals surface area contributed by atoms with Crippen LogP contribution in [-0.4, -0.2) is 22.1 Å². The fourth-order valence-corrected chi connectivity index (χ4v) is 3.66. The average Bonchev–Trinajstić information content (AvgIpc) is 2.88. The highest BCUT2D eigenvalue weighted by molar-refractivity contribution is 7.18. The summed E-state index contributed by atoms with van der Waals surface area (Å²) >= 11 is 1.48. The molecule has 4 heterocycles. The number of hydrogen-bond donors (Lipinski definition) is 1. The number of thiophene rings is 1. The van der Waals surface area contributed by atoms with Crippen LogP contribution < -0.4 is 11.0 Å². The molecule has 0 aromatic carbocycles. The van der Waals surface area contributed by atoms with Gasteiger partial charge in [0.1, 0.15) is 17.2 Å². The molecule has 0 atom stereocenters. The fourth-order valence-electron chi connectivity index (χ4n) is 2.51. The van der Waals surface area contributed by atoms with Gasteiger partial charge in [0.15, 0.2) is 0 Å². The number of rotatable bonds is 0. The largest absolute Gasteiger partial charge is 0.376 e. The Balaban J connectivity index is 2.13. The van der Waals surface area contributed by atoms with Crippen molar-refractivity contribution < 1.29 is 9.53 Å². The van der Waals surface area contributed by atoms with E-state index in [4.69, 9.17) is 4.74 Å². The number of ether oxygens (including phenoxy) is 1. The molecule has 6 nitrogen and oxygen atoms in total. The van der Waals surface area contributed by atoms with Gasteiger partial charge in [-0.05, 0) is 12.0 Å². The molecule has 0 spiro atoms. The molecule has 0 bridgehead atoms. The van der Waals surface area contributed by atoms with Gasteiger partial charge in [-0.2, -0.15) is 4.98 Å². The minimum absolute atomic E-state index is 0.0677. The molecule has 1 amide bonds. The fraction of sp³-hybridized carbons (Fsp3) is 0.364. The molecule has 2 aromatic rings. The van der Waals surface area contributed by atoms with Gasteiger partial charge in [0.25, 0.3) is 0 Å². The standard InChI is InChI=1S/C11H9N3O3S/c15-7-3-14-9(12-7)8-5-1-2-17-4-6(5)18-10(8)13-11(14)16/h1-4H2,(H,12,15). The van der Waals surface area contributed by atoms with Crippen LogP contribution in [0.3, 0.4) is 0 Å². The SMILES string of the molecule is O=C1Cn2c(c3c4c(sc3nc2=O)COCC4)N1. The van der Waals surface area contributed by atoms with Gasteiger partial charge in [-0.3, -0.25) is 9.36 Å². The van der Waals surface area contributed by atoms with Crippen molar-refractivity contribution in [3.8, 4) is 0 Å². The van der Waals surface area contributed by atoms with E-state index in [1.165, 1.54) is 21.5 Å². The van der Waals surface area contributed by atoms with E-state index in [0.717, 1.165) is 16.7 Å². The maximum Gasteiger partial charge on any atom is 0.351 e. The molecule has 0 unspecified atom stereocenters. The predicted octanol–water partition coefficient (Wildman–Crippen LogP) is 0.483. The highest BCUT2D eigenvalue weighted by Gasteiger charge is 2.27. The number of carbonyl (C=O) groups is 1. The molecule has 1 N–H and O–H groups in total. The third-order valence-electron chi connectivity index (χ3n) is 3.30. The van der Waals surface area contributed by atoms with Crippen LogP contribution in [0.1, 0.15) is 10.4 Å². The van der Waals surface area contributed by atoms with E-state index in [0.29, 0.717) is 23.9 Å².